The van der Waals surface area contributed by atoms with E-state index in [1.807, 2.05) is 11.8 Å². The van der Waals surface area contributed by atoms with Gasteiger partial charge in [0.25, 0.3) is 0 Å². The molecule has 29 heavy (non-hydrogen) atoms. The van der Waals surface area contributed by atoms with Gasteiger partial charge in [-0.25, -0.2) is 13.2 Å². The number of unbranched alkanes of at least 4 members (excludes halogenated alkanes) is 8. The lowest BCUT2D eigenvalue weighted by atomic mass is 10.1. The van der Waals surface area contributed by atoms with Gasteiger partial charge in [-0.05, 0) is 32.4 Å². The zero-order chi connectivity index (χ0) is 21.9. The van der Waals surface area contributed by atoms with Crippen LogP contribution in [0.4, 0.5) is 22.0 Å². The van der Waals surface area contributed by atoms with Crippen LogP contribution in [0.2, 0.25) is 0 Å². The van der Waals surface area contributed by atoms with Crippen LogP contribution in [0.1, 0.15) is 71.6 Å². The monoisotopic (exact) mass is 442 g/mol. The minimum Gasteiger partial charge on any atom is -0.487 e. The van der Waals surface area contributed by atoms with Gasteiger partial charge in [0.2, 0.25) is 29.1 Å². The number of rotatable bonds is 15. The fourth-order valence-corrected chi connectivity index (χ4v) is 3.66. The van der Waals surface area contributed by atoms with E-state index in [-0.39, 0.29) is 11.5 Å². The molecule has 2 nitrogen and oxygen atoms in total. The summed E-state index contributed by atoms with van der Waals surface area (Å²) in [6.07, 6.45) is 9.11. The van der Waals surface area contributed by atoms with E-state index < -0.39 is 34.8 Å². The van der Waals surface area contributed by atoms with Gasteiger partial charge < -0.3 is 9.47 Å². The van der Waals surface area contributed by atoms with Crippen molar-refractivity contribution in [2.24, 2.45) is 0 Å². The third kappa shape index (κ3) is 9.11. The Kier molecular flexibility index (Phi) is 11.9. The highest BCUT2D eigenvalue weighted by Gasteiger charge is 2.26. The van der Waals surface area contributed by atoms with Gasteiger partial charge in [-0.2, -0.15) is 8.78 Å². The van der Waals surface area contributed by atoms with Crippen molar-refractivity contribution in [1.82, 2.24) is 0 Å². The first-order valence-corrected chi connectivity index (χ1v) is 11.0. The van der Waals surface area contributed by atoms with E-state index in [4.69, 9.17) is 9.47 Å². The molecule has 0 fully saturated rings. The van der Waals surface area contributed by atoms with E-state index in [1.165, 1.54) is 25.7 Å². The van der Waals surface area contributed by atoms with Crippen molar-refractivity contribution in [2.45, 2.75) is 76.6 Å². The quantitative estimate of drug-likeness (QED) is 0.0928. The number of benzene rings is 1. The second-order valence-corrected chi connectivity index (χ2v) is 9.06. The smallest absolute Gasteiger partial charge is 0.206 e. The van der Waals surface area contributed by atoms with E-state index in [9.17, 15) is 22.0 Å². The summed E-state index contributed by atoms with van der Waals surface area (Å²) in [5.74, 6) is -10.1. The zero-order valence-electron chi connectivity index (χ0n) is 17.4. The first kappa shape index (κ1) is 26.0. The molecule has 0 aliphatic rings. The molecule has 168 valence electrons. The fourth-order valence-electron chi connectivity index (χ4n) is 2.70. The second-order valence-electron chi connectivity index (χ2n) is 7.38. The Morgan fingerprint density at radius 2 is 1.07 bits per heavy atom. The molecule has 0 unspecified atom stereocenters. The standard InChI is InChI=1S/C21H31F5O2S/c1-21(2,27-3)29-14-12-10-8-6-4-5-7-9-11-13-28-20-18(25)16(23)15(22)17(24)19(20)26/h4-14H2,1-3H3. The number of halogens is 5. The molecule has 1 aromatic carbocycles. The maximum absolute atomic E-state index is 13.5. The Morgan fingerprint density at radius 3 is 1.55 bits per heavy atom. The van der Waals surface area contributed by atoms with E-state index >= 15 is 0 Å². The summed E-state index contributed by atoms with van der Waals surface area (Å²) in [4.78, 5) is -0.125. The molecule has 0 heterocycles. The van der Waals surface area contributed by atoms with Gasteiger partial charge in [0.05, 0.1) is 6.61 Å². The molecule has 0 saturated carbocycles. The first-order valence-electron chi connectivity index (χ1n) is 10.0. The molecular weight excluding hydrogens is 411 g/mol. The Morgan fingerprint density at radius 1 is 0.655 bits per heavy atom. The molecule has 0 N–H and O–H groups in total. The van der Waals surface area contributed by atoms with Crippen molar-refractivity contribution in [3.05, 3.63) is 29.1 Å². The summed E-state index contributed by atoms with van der Waals surface area (Å²) in [7, 11) is 1.72. The number of ether oxygens (including phenoxy) is 2. The normalized spacial score (nSPS) is 11.9. The van der Waals surface area contributed by atoms with Crippen molar-refractivity contribution in [3.8, 4) is 5.75 Å². The molecule has 0 radical (unpaired) electrons. The van der Waals surface area contributed by atoms with Gasteiger partial charge in [-0.3, -0.25) is 0 Å². The van der Waals surface area contributed by atoms with Gasteiger partial charge in [0, 0.05) is 7.11 Å². The molecule has 8 heteroatoms. The van der Waals surface area contributed by atoms with E-state index in [1.54, 1.807) is 7.11 Å². The van der Waals surface area contributed by atoms with Crippen molar-refractivity contribution >= 4 is 11.8 Å². The van der Waals surface area contributed by atoms with E-state index in [0.717, 1.165) is 31.4 Å². The third-order valence-electron chi connectivity index (χ3n) is 4.65. The van der Waals surface area contributed by atoms with Gasteiger partial charge in [-0.15, -0.1) is 11.8 Å². The SMILES string of the molecule is COC(C)(C)SCCCCCCCCCCCOc1c(F)c(F)c(F)c(F)c1F. The first-order chi connectivity index (χ1) is 13.7. The molecular formula is C21H31F5O2S. The summed E-state index contributed by atoms with van der Waals surface area (Å²) < 4.78 is 76.1. The molecule has 0 aliphatic heterocycles. The highest BCUT2D eigenvalue weighted by Crippen LogP contribution is 2.29. The van der Waals surface area contributed by atoms with Crippen molar-refractivity contribution in [2.75, 3.05) is 19.5 Å². The molecule has 0 aliphatic carbocycles. The van der Waals surface area contributed by atoms with Gasteiger partial charge in [-0.1, -0.05) is 44.9 Å². The maximum atomic E-state index is 13.5. The lowest BCUT2D eigenvalue weighted by Gasteiger charge is -2.21. The molecule has 0 atom stereocenters. The number of methoxy groups -OCH3 is 1. The Hall–Kier alpha value is -1.02. The van der Waals surface area contributed by atoms with Crippen LogP contribution in [0.3, 0.4) is 0 Å². The Bertz CT molecular complexity index is 597. The lowest BCUT2D eigenvalue weighted by molar-refractivity contribution is 0.103. The fraction of sp³-hybridized carbons (Fsp3) is 0.714. The Labute approximate surface area is 174 Å². The predicted molar refractivity (Wildman–Crippen MR) is 107 cm³/mol. The van der Waals surface area contributed by atoms with E-state index in [0.29, 0.717) is 6.42 Å². The second kappa shape index (κ2) is 13.3. The highest BCUT2D eigenvalue weighted by molar-refractivity contribution is 8.00. The van der Waals surface area contributed by atoms with Crippen LogP contribution in [-0.2, 0) is 4.74 Å². The number of hydrogen-bond acceptors (Lipinski definition) is 3. The van der Waals surface area contributed by atoms with Gasteiger partial charge in [0.15, 0.2) is 5.75 Å². The summed E-state index contributed by atoms with van der Waals surface area (Å²) >= 11 is 1.82. The van der Waals surface area contributed by atoms with Crippen LogP contribution in [0.15, 0.2) is 0 Å². The summed E-state index contributed by atoms with van der Waals surface area (Å²) in [5, 5.41) is 0. The molecule has 0 amide bonds. The van der Waals surface area contributed by atoms with Crippen LogP contribution in [0.25, 0.3) is 0 Å². The number of hydrogen-bond donors (Lipinski definition) is 0. The molecule has 1 aromatic rings. The summed E-state index contributed by atoms with van der Waals surface area (Å²) in [6, 6.07) is 0. The molecule has 0 aromatic heterocycles. The van der Waals surface area contributed by atoms with Crippen molar-refractivity contribution < 1.29 is 31.4 Å². The summed E-state index contributed by atoms with van der Waals surface area (Å²) in [5.41, 5.74) is 0. The largest absolute Gasteiger partial charge is 0.487 e. The average molecular weight is 443 g/mol. The van der Waals surface area contributed by atoms with Crippen LogP contribution in [0, 0.1) is 29.1 Å². The molecule has 0 saturated heterocycles. The van der Waals surface area contributed by atoms with Crippen LogP contribution in [-0.4, -0.2) is 24.4 Å². The van der Waals surface area contributed by atoms with Crippen LogP contribution < -0.4 is 4.74 Å². The van der Waals surface area contributed by atoms with Crippen LogP contribution in [0.5, 0.6) is 5.75 Å². The van der Waals surface area contributed by atoms with Crippen molar-refractivity contribution in [1.29, 1.82) is 0 Å². The zero-order valence-corrected chi connectivity index (χ0v) is 18.2. The molecule has 0 bridgehead atoms. The Balaban J connectivity index is 2.05. The summed E-state index contributed by atoms with van der Waals surface area (Å²) in [6.45, 7) is 4.03. The van der Waals surface area contributed by atoms with E-state index in [2.05, 4.69) is 13.8 Å². The topological polar surface area (TPSA) is 18.5 Å². The van der Waals surface area contributed by atoms with Crippen molar-refractivity contribution in [3.63, 3.8) is 0 Å². The minimum absolute atomic E-state index is 0.0894. The average Bonchev–Trinajstić information content (AvgIpc) is 2.70. The molecule has 0 spiro atoms. The lowest BCUT2D eigenvalue weighted by Crippen LogP contribution is -2.17. The molecule has 1 rings (SSSR count). The highest BCUT2D eigenvalue weighted by atomic mass is 32.2. The van der Waals surface area contributed by atoms with Gasteiger partial charge >= 0.3 is 0 Å². The van der Waals surface area contributed by atoms with Crippen LogP contribution >= 0.6 is 11.8 Å². The number of thioether (sulfide) groups is 1. The van der Waals surface area contributed by atoms with Gasteiger partial charge in [0.1, 0.15) is 4.93 Å². The third-order valence-corrected chi connectivity index (χ3v) is 6.00. The maximum Gasteiger partial charge on any atom is 0.206 e. The minimum atomic E-state index is -2.18. The predicted octanol–water partition coefficient (Wildman–Crippen LogP) is 7.39.